The highest BCUT2D eigenvalue weighted by Crippen LogP contribution is 2.35. The van der Waals surface area contributed by atoms with Gasteiger partial charge in [0.05, 0.1) is 16.0 Å². The lowest BCUT2D eigenvalue weighted by molar-refractivity contribution is 0.0469. The van der Waals surface area contributed by atoms with Crippen LogP contribution in [0.1, 0.15) is 31.8 Å². The molecule has 5 nitrogen and oxygen atoms in total. The van der Waals surface area contributed by atoms with Crippen molar-refractivity contribution in [2.24, 2.45) is 0 Å². The van der Waals surface area contributed by atoms with Crippen LogP contribution in [-0.2, 0) is 22.7 Å². The maximum absolute atomic E-state index is 14.5. The molecule has 4 rings (SSSR count). The second kappa shape index (κ2) is 13.2. The van der Waals surface area contributed by atoms with E-state index < -0.39 is 51.6 Å². The van der Waals surface area contributed by atoms with Crippen LogP contribution in [0.4, 0.5) is 17.6 Å². The third kappa shape index (κ3) is 6.89. The van der Waals surface area contributed by atoms with Crippen molar-refractivity contribution in [2.45, 2.75) is 18.1 Å². The summed E-state index contributed by atoms with van der Waals surface area (Å²) in [5.74, 6) is -11.0. The van der Waals surface area contributed by atoms with Crippen LogP contribution in [0.2, 0.25) is 0 Å². The fourth-order valence-corrected chi connectivity index (χ4v) is 4.67. The summed E-state index contributed by atoms with van der Waals surface area (Å²) in [4.78, 5) is 24.6. The fraction of sp³-hybridized carbons (Fsp3) is 0.0714. The lowest BCUT2D eigenvalue weighted by atomic mass is 10.1. The highest BCUT2D eigenvalue weighted by Gasteiger charge is 2.26. The Hall–Kier alpha value is -2.85. The number of halogens is 6. The van der Waals surface area contributed by atoms with Crippen LogP contribution in [0, 0.1) is 30.4 Å². The lowest BCUT2D eigenvalue weighted by Gasteiger charge is -2.14. The van der Waals surface area contributed by atoms with Crippen LogP contribution in [-0.4, -0.2) is 11.9 Å². The van der Waals surface area contributed by atoms with Gasteiger partial charge < -0.3 is 14.2 Å². The molecule has 4 aromatic carbocycles. The summed E-state index contributed by atoms with van der Waals surface area (Å²) in [5, 5.41) is 0. The van der Waals surface area contributed by atoms with Crippen LogP contribution in [0.15, 0.2) is 71.6 Å². The molecule has 0 saturated carbocycles. The second-order valence-corrected chi connectivity index (χ2v) is 10.9. The molecule has 0 fully saturated rings. The molecule has 4 aromatic rings. The average molecular weight is 794 g/mol. The van der Waals surface area contributed by atoms with Gasteiger partial charge in [-0.05, 0) is 75.5 Å². The summed E-state index contributed by atoms with van der Waals surface area (Å²) in [5.41, 5.74) is 0.945. The van der Waals surface area contributed by atoms with Crippen molar-refractivity contribution in [2.75, 3.05) is 0 Å². The topological polar surface area (TPSA) is 61.8 Å². The van der Waals surface area contributed by atoms with E-state index >= 15 is 0 Å². The Morgan fingerprint density at radius 2 is 1.10 bits per heavy atom. The minimum Gasteiger partial charge on any atom is -0.457 e. The summed E-state index contributed by atoms with van der Waals surface area (Å²) in [6.07, 6.45) is 0. The van der Waals surface area contributed by atoms with E-state index in [-0.39, 0.29) is 24.3 Å². The third-order valence-electron chi connectivity index (χ3n) is 5.43. The third-order valence-corrected chi connectivity index (χ3v) is 7.93. The molecular formula is C28H16F4I2O5S. The first-order chi connectivity index (χ1) is 19.1. The number of esters is 2. The van der Waals surface area contributed by atoms with Gasteiger partial charge in [-0.25, -0.2) is 18.4 Å². The first-order valence-corrected chi connectivity index (χ1v) is 13.9. The van der Waals surface area contributed by atoms with Crippen LogP contribution in [0.5, 0.6) is 11.5 Å². The fourth-order valence-electron chi connectivity index (χ4n) is 3.39. The predicted molar refractivity (Wildman–Crippen MR) is 157 cm³/mol. The molecule has 0 unspecified atom stereocenters. The monoisotopic (exact) mass is 794 g/mol. The number of thiol groups is 1. The smallest absolute Gasteiger partial charge is 0.338 e. The Kier molecular flexibility index (Phi) is 9.94. The van der Waals surface area contributed by atoms with Crippen LogP contribution < -0.4 is 4.74 Å². The molecule has 0 saturated heterocycles. The first kappa shape index (κ1) is 30.1. The predicted octanol–water partition coefficient (Wildman–Crippen LogP) is 8.25. The summed E-state index contributed by atoms with van der Waals surface area (Å²) in [6.45, 7) is -0.226. The molecule has 0 aliphatic carbocycles. The minimum atomic E-state index is -1.85. The van der Waals surface area contributed by atoms with E-state index in [1.807, 2.05) is 24.3 Å². The largest absolute Gasteiger partial charge is 0.457 e. The zero-order chi connectivity index (χ0) is 29.0. The van der Waals surface area contributed by atoms with Gasteiger partial charge in [-0.1, -0.05) is 36.4 Å². The zero-order valence-electron chi connectivity index (χ0n) is 20.0. The van der Waals surface area contributed by atoms with Crippen molar-refractivity contribution >= 4 is 69.7 Å². The SMILES string of the molecule is O=C(OCc1ccccc1I)c1cc(Oc2c(F)c(F)c(S)c(F)c2F)cc(C(=O)OCc2ccccc2I)c1. The molecule has 0 heterocycles. The molecule has 206 valence electrons. The second-order valence-electron chi connectivity index (χ2n) is 8.12. The minimum absolute atomic E-state index is 0.113. The van der Waals surface area contributed by atoms with Crippen molar-refractivity contribution in [3.63, 3.8) is 0 Å². The van der Waals surface area contributed by atoms with Gasteiger partial charge in [-0.2, -0.15) is 8.78 Å². The quantitative estimate of drug-likeness (QED) is 0.0641. The van der Waals surface area contributed by atoms with Crippen molar-refractivity contribution in [3.8, 4) is 11.5 Å². The maximum Gasteiger partial charge on any atom is 0.338 e. The van der Waals surface area contributed by atoms with Gasteiger partial charge in [0.2, 0.25) is 17.4 Å². The average Bonchev–Trinajstić information content (AvgIpc) is 2.96. The van der Waals surface area contributed by atoms with E-state index in [1.54, 1.807) is 24.3 Å². The lowest BCUT2D eigenvalue weighted by Crippen LogP contribution is -2.11. The van der Waals surface area contributed by atoms with Crippen molar-refractivity contribution in [1.29, 1.82) is 0 Å². The van der Waals surface area contributed by atoms with E-state index in [0.717, 1.165) is 25.3 Å². The van der Waals surface area contributed by atoms with Crippen LogP contribution in [0.3, 0.4) is 0 Å². The maximum atomic E-state index is 14.5. The molecule has 0 radical (unpaired) electrons. The number of rotatable bonds is 8. The molecule has 0 spiro atoms. The summed E-state index contributed by atoms with van der Waals surface area (Å²) >= 11 is 7.57. The van der Waals surface area contributed by atoms with Gasteiger partial charge in [-0.3, -0.25) is 0 Å². The Bertz CT molecular complexity index is 1510. The Balaban J connectivity index is 1.67. The van der Waals surface area contributed by atoms with Gasteiger partial charge in [0.25, 0.3) is 0 Å². The highest BCUT2D eigenvalue weighted by atomic mass is 127. The molecular weight excluding hydrogens is 778 g/mol. The Morgan fingerprint density at radius 3 is 1.52 bits per heavy atom. The molecule has 12 heteroatoms. The molecule has 0 aliphatic rings. The Morgan fingerprint density at radius 1 is 0.675 bits per heavy atom. The summed E-state index contributed by atoms with van der Waals surface area (Å²) in [6, 6.07) is 17.5. The number of carbonyl (C=O) groups is 2. The van der Waals surface area contributed by atoms with Crippen molar-refractivity contribution in [1.82, 2.24) is 0 Å². The van der Waals surface area contributed by atoms with E-state index in [0.29, 0.717) is 11.1 Å². The summed E-state index contributed by atoms with van der Waals surface area (Å²) < 4.78 is 74.5. The van der Waals surface area contributed by atoms with Gasteiger partial charge >= 0.3 is 11.9 Å². The number of hydrogen-bond acceptors (Lipinski definition) is 6. The standard InChI is InChI=1S/C28H16F4I2O5S/c29-21-23(31)26(40)24(32)22(30)25(21)39-18-10-16(27(35)37-12-14-5-1-3-7-19(14)33)9-17(11-18)28(36)38-13-15-6-2-4-8-20(15)34/h1-11,40H,12-13H2. The van der Waals surface area contributed by atoms with E-state index in [1.165, 1.54) is 0 Å². The van der Waals surface area contributed by atoms with E-state index in [4.69, 9.17) is 14.2 Å². The van der Waals surface area contributed by atoms with Gasteiger partial charge in [-0.15, -0.1) is 12.6 Å². The van der Waals surface area contributed by atoms with Crippen molar-refractivity contribution in [3.05, 3.63) is 119 Å². The number of ether oxygens (including phenoxy) is 3. The van der Waals surface area contributed by atoms with Gasteiger partial charge in [0.1, 0.15) is 19.0 Å². The van der Waals surface area contributed by atoms with Crippen LogP contribution in [0.25, 0.3) is 0 Å². The number of benzene rings is 4. The van der Waals surface area contributed by atoms with Crippen molar-refractivity contribution < 1.29 is 41.4 Å². The van der Waals surface area contributed by atoms with Gasteiger partial charge in [0, 0.05) is 18.3 Å². The molecule has 0 aliphatic heterocycles. The molecule has 0 amide bonds. The normalized spacial score (nSPS) is 10.8. The summed E-state index contributed by atoms with van der Waals surface area (Å²) in [7, 11) is 0. The van der Waals surface area contributed by atoms with Gasteiger partial charge in [0.15, 0.2) is 11.6 Å². The molecule has 40 heavy (non-hydrogen) atoms. The molecule has 0 bridgehead atoms. The number of hydrogen-bond donors (Lipinski definition) is 1. The van der Waals surface area contributed by atoms with Crippen LogP contribution >= 0.6 is 57.8 Å². The Labute approximate surface area is 258 Å². The molecule has 0 atom stereocenters. The zero-order valence-corrected chi connectivity index (χ0v) is 25.2. The molecule has 0 N–H and O–H groups in total. The number of carbonyl (C=O) groups excluding carboxylic acids is 2. The van der Waals surface area contributed by atoms with E-state index in [9.17, 15) is 27.2 Å². The van der Waals surface area contributed by atoms with E-state index in [2.05, 4.69) is 57.8 Å². The highest BCUT2D eigenvalue weighted by molar-refractivity contribution is 14.1. The first-order valence-electron chi connectivity index (χ1n) is 11.3. The molecule has 0 aromatic heterocycles.